The molecule has 0 aromatic heterocycles. The second-order valence-electron chi connectivity index (χ2n) is 5.14. The van der Waals surface area contributed by atoms with Gasteiger partial charge in [-0.1, -0.05) is 23.7 Å². The second-order valence-corrected chi connectivity index (χ2v) is 6.56. The highest BCUT2D eigenvalue weighted by molar-refractivity contribution is 14.0. The first-order chi connectivity index (χ1) is 9.70. The monoisotopic (exact) mass is 439 g/mol. The van der Waals surface area contributed by atoms with E-state index in [-0.39, 0.29) is 29.4 Å². The number of hydrogen-bond donors (Lipinski definition) is 2. The molecule has 0 radical (unpaired) electrons. The Morgan fingerprint density at radius 2 is 2.14 bits per heavy atom. The molecular weight excluding hydrogens is 417 g/mol. The van der Waals surface area contributed by atoms with Gasteiger partial charge in [-0.25, -0.2) is 0 Å². The number of nitrogens with zero attached hydrogens (tertiary/aromatic N) is 1. The fourth-order valence-electron chi connectivity index (χ4n) is 2.28. The van der Waals surface area contributed by atoms with E-state index in [4.69, 9.17) is 11.6 Å². The van der Waals surface area contributed by atoms with Gasteiger partial charge in [-0.2, -0.15) is 11.8 Å². The standard InChI is InChI=1S/C15H22ClN3S.HI/c1-17-14(18-8-9-20-2)19-11-15(6-7-15)12-4-3-5-13(16)10-12;/h3-5,10H,6-9,11H2,1-2H3,(H2,17,18,19);1H. The molecule has 1 aromatic rings. The lowest BCUT2D eigenvalue weighted by atomic mass is 9.96. The van der Waals surface area contributed by atoms with Crippen molar-refractivity contribution in [3.05, 3.63) is 34.9 Å². The van der Waals surface area contributed by atoms with E-state index in [0.717, 1.165) is 29.8 Å². The van der Waals surface area contributed by atoms with Gasteiger partial charge in [0.25, 0.3) is 0 Å². The largest absolute Gasteiger partial charge is 0.356 e. The van der Waals surface area contributed by atoms with Gasteiger partial charge in [0.15, 0.2) is 5.96 Å². The molecule has 2 rings (SSSR count). The first-order valence-electron chi connectivity index (χ1n) is 6.90. The van der Waals surface area contributed by atoms with Gasteiger partial charge in [-0.15, -0.1) is 24.0 Å². The Morgan fingerprint density at radius 3 is 2.71 bits per heavy atom. The van der Waals surface area contributed by atoms with Crippen molar-refractivity contribution in [3.8, 4) is 0 Å². The van der Waals surface area contributed by atoms with E-state index in [0.29, 0.717) is 0 Å². The number of benzene rings is 1. The summed E-state index contributed by atoms with van der Waals surface area (Å²) >= 11 is 7.92. The number of hydrogen-bond acceptors (Lipinski definition) is 2. The number of nitrogens with one attached hydrogen (secondary N) is 2. The molecule has 6 heteroatoms. The van der Waals surface area contributed by atoms with Crippen LogP contribution in [0.5, 0.6) is 0 Å². The van der Waals surface area contributed by atoms with Crippen LogP contribution in [0.4, 0.5) is 0 Å². The van der Waals surface area contributed by atoms with Gasteiger partial charge in [0, 0.05) is 36.3 Å². The maximum Gasteiger partial charge on any atom is 0.191 e. The summed E-state index contributed by atoms with van der Waals surface area (Å²) in [5.74, 6) is 1.97. The van der Waals surface area contributed by atoms with E-state index >= 15 is 0 Å². The summed E-state index contributed by atoms with van der Waals surface area (Å²) in [6, 6.07) is 8.21. The first kappa shape index (κ1) is 18.9. The molecule has 0 bridgehead atoms. The van der Waals surface area contributed by atoms with Gasteiger partial charge in [0.2, 0.25) is 0 Å². The van der Waals surface area contributed by atoms with E-state index < -0.39 is 0 Å². The predicted molar refractivity (Wildman–Crippen MR) is 106 cm³/mol. The number of guanidine groups is 1. The third-order valence-corrected chi connectivity index (χ3v) is 4.55. The van der Waals surface area contributed by atoms with Crippen molar-refractivity contribution in [2.24, 2.45) is 4.99 Å². The molecule has 1 aromatic carbocycles. The zero-order valence-corrected chi connectivity index (χ0v) is 16.4. The lowest BCUT2D eigenvalue weighted by Gasteiger charge is -2.19. The first-order valence-corrected chi connectivity index (χ1v) is 8.67. The third-order valence-electron chi connectivity index (χ3n) is 3.71. The quantitative estimate of drug-likeness (QED) is 0.308. The highest BCUT2D eigenvalue weighted by atomic mass is 127. The van der Waals surface area contributed by atoms with Crippen molar-refractivity contribution in [1.82, 2.24) is 10.6 Å². The summed E-state index contributed by atoms with van der Waals surface area (Å²) in [6.07, 6.45) is 4.53. The van der Waals surface area contributed by atoms with Crippen LogP contribution in [0.2, 0.25) is 5.02 Å². The number of thioether (sulfide) groups is 1. The van der Waals surface area contributed by atoms with Gasteiger partial charge in [-0.3, -0.25) is 4.99 Å². The van der Waals surface area contributed by atoms with Gasteiger partial charge < -0.3 is 10.6 Å². The Hall–Kier alpha value is -0.140. The molecule has 3 nitrogen and oxygen atoms in total. The normalized spacial score (nSPS) is 16.0. The fourth-order valence-corrected chi connectivity index (χ4v) is 2.78. The molecule has 21 heavy (non-hydrogen) atoms. The average molecular weight is 440 g/mol. The van der Waals surface area contributed by atoms with Crippen molar-refractivity contribution in [1.29, 1.82) is 0 Å². The Bertz CT molecular complexity index is 478. The van der Waals surface area contributed by atoms with Gasteiger partial charge >= 0.3 is 0 Å². The van der Waals surface area contributed by atoms with E-state index in [9.17, 15) is 0 Å². The molecule has 118 valence electrons. The molecule has 0 unspecified atom stereocenters. The van der Waals surface area contributed by atoms with Crippen LogP contribution in [0.1, 0.15) is 18.4 Å². The summed E-state index contributed by atoms with van der Waals surface area (Å²) in [7, 11) is 1.81. The Balaban J connectivity index is 0.00000220. The van der Waals surface area contributed by atoms with Gasteiger partial charge in [-0.05, 0) is 36.8 Å². The minimum Gasteiger partial charge on any atom is -0.356 e. The van der Waals surface area contributed by atoms with Gasteiger partial charge in [0.1, 0.15) is 0 Å². The molecule has 2 N–H and O–H groups in total. The molecular formula is C15H23ClIN3S. The summed E-state index contributed by atoms with van der Waals surface area (Å²) in [5, 5.41) is 7.58. The number of halogens is 2. The topological polar surface area (TPSA) is 36.4 Å². The summed E-state index contributed by atoms with van der Waals surface area (Å²) in [5.41, 5.74) is 1.57. The maximum absolute atomic E-state index is 6.09. The van der Waals surface area contributed by atoms with Crippen molar-refractivity contribution in [2.45, 2.75) is 18.3 Å². The smallest absolute Gasteiger partial charge is 0.191 e. The molecule has 0 atom stereocenters. The number of aliphatic imine (C=N–C) groups is 1. The zero-order valence-electron chi connectivity index (χ0n) is 12.5. The summed E-state index contributed by atoms with van der Waals surface area (Å²) in [6.45, 7) is 1.84. The molecule has 0 heterocycles. The lowest BCUT2D eigenvalue weighted by Crippen LogP contribution is -2.42. The Kier molecular flexibility index (Phi) is 8.19. The molecule has 0 saturated heterocycles. The van der Waals surface area contributed by atoms with Crippen molar-refractivity contribution < 1.29 is 0 Å². The third kappa shape index (κ3) is 5.53. The molecule has 1 fully saturated rings. The SMILES string of the molecule is CN=C(NCCSC)NCC1(c2cccc(Cl)c2)CC1.I. The van der Waals surface area contributed by atoms with Crippen molar-refractivity contribution in [3.63, 3.8) is 0 Å². The minimum atomic E-state index is 0. The van der Waals surface area contributed by atoms with E-state index in [2.05, 4.69) is 34.0 Å². The van der Waals surface area contributed by atoms with Crippen LogP contribution in [-0.4, -0.2) is 38.1 Å². The van der Waals surface area contributed by atoms with Crippen LogP contribution in [-0.2, 0) is 5.41 Å². The van der Waals surface area contributed by atoms with Crippen LogP contribution in [0.25, 0.3) is 0 Å². The maximum atomic E-state index is 6.09. The molecule has 1 aliphatic carbocycles. The minimum absolute atomic E-state index is 0. The van der Waals surface area contributed by atoms with Crippen LogP contribution in [0, 0.1) is 0 Å². The molecule has 1 aliphatic rings. The molecule has 0 spiro atoms. The van der Waals surface area contributed by atoms with E-state index in [1.54, 1.807) is 0 Å². The number of rotatable bonds is 6. The van der Waals surface area contributed by atoms with Gasteiger partial charge in [0.05, 0.1) is 0 Å². The van der Waals surface area contributed by atoms with E-state index in [1.807, 2.05) is 30.9 Å². The highest BCUT2D eigenvalue weighted by Gasteiger charge is 2.44. The van der Waals surface area contributed by atoms with Crippen molar-refractivity contribution >= 4 is 53.3 Å². The van der Waals surface area contributed by atoms with Crippen LogP contribution in [0.15, 0.2) is 29.3 Å². The van der Waals surface area contributed by atoms with Crippen LogP contribution < -0.4 is 10.6 Å². The van der Waals surface area contributed by atoms with Crippen LogP contribution in [0.3, 0.4) is 0 Å². The Morgan fingerprint density at radius 1 is 1.38 bits per heavy atom. The van der Waals surface area contributed by atoms with Crippen molar-refractivity contribution in [2.75, 3.05) is 32.1 Å². The summed E-state index contributed by atoms with van der Waals surface area (Å²) < 4.78 is 0. The Labute approximate surface area is 153 Å². The molecule has 1 saturated carbocycles. The zero-order chi connectivity index (χ0) is 14.4. The molecule has 0 aliphatic heterocycles. The van der Waals surface area contributed by atoms with E-state index in [1.165, 1.54) is 18.4 Å². The summed E-state index contributed by atoms with van der Waals surface area (Å²) in [4.78, 5) is 4.26. The highest BCUT2D eigenvalue weighted by Crippen LogP contribution is 2.48. The second kappa shape index (κ2) is 9.10. The van der Waals surface area contributed by atoms with Crippen LogP contribution >= 0.6 is 47.3 Å². The molecule has 0 amide bonds. The fraction of sp³-hybridized carbons (Fsp3) is 0.533. The lowest BCUT2D eigenvalue weighted by molar-refractivity contribution is 0.648. The average Bonchev–Trinajstić information content (AvgIpc) is 3.24. The predicted octanol–water partition coefficient (Wildman–Crippen LogP) is 3.52.